The molecular weight excluding hydrogens is 604 g/mol. The molecule has 0 aliphatic heterocycles. The molecule has 0 fully saturated rings. The zero-order valence-corrected chi connectivity index (χ0v) is 27.7. The maximum Gasteiger partial charge on any atom is 0.204 e. The highest BCUT2D eigenvalue weighted by Crippen LogP contribution is 2.47. The van der Waals surface area contributed by atoms with E-state index in [1.54, 1.807) is 19.3 Å². The van der Waals surface area contributed by atoms with E-state index in [-0.39, 0.29) is 36.4 Å². The topological polar surface area (TPSA) is 72.5 Å². The summed E-state index contributed by atoms with van der Waals surface area (Å²) in [5.74, 6) is 2.10. The minimum Gasteiger partial charge on any atom is -0.493 e. The number of methoxy groups -OCH3 is 2. The molecule has 5 aromatic carbocycles. The average Bonchev–Trinajstić information content (AvgIpc) is 3.12. The Labute approximate surface area is 282 Å². The van der Waals surface area contributed by atoms with E-state index in [0.717, 1.165) is 22.3 Å². The van der Waals surface area contributed by atoms with Gasteiger partial charge in [0.2, 0.25) is 5.75 Å². The molecule has 0 aliphatic carbocycles. The van der Waals surface area contributed by atoms with Gasteiger partial charge in [0.1, 0.15) is 31.1 Å². The van der Waals surface area contributed by atoms with Crippen LogP contribution in [0.25, 0.3) is 6.08 Å². The molecule has 0 amide bonds. The van der Waals surface area contributed by atoms with Gasteiger partial charge in [0.05, 0.1) is 20.3 Å². The van der Waals surface area contributed by atoms with Crippen LogP contribution in [-0.4, -0.2) is 26.1 Å². The summed E-state index contributed by atoms with van der Waals surface area (Å²) in [6.07, 6.45) is 2.94. The number of hydrogen-bond acceptors (Lipinski definition) is 7. The van der Waals surface area contributed by atoms with Gasteiger partial charge in [0.15, 0.2) is 28.8 Å². The Bertz CT molecular complexity index is 1800. The van der Waals surface area contributed by atoms with Crippen molar-refractivity contribution in [1.29, 1.82) is 0 Å². The highest BCUT2D eigenvalue weighted by atomic mass is 16.5. The van der Waals surface area contributed by atoms with E-state index in [1.165, 1.54) is 13.2 Å². The minimum absolute atomic E-state index is 0.230. The lowest BCUT2D eigenvalue weighted by atomic mass is 10.0. The zero-order chi connectivity index (χ0) is 33.7. The molecule has 0 bridgehead atoms. The van der Waals surface area contributed by atoms with Gasteiger partial charge in [-0.1, -0.05) is 103 Å². The Kier molecular flexibility index (Phi) is 11.7. The van der Waals surface area contributed by atoms with Crippen molar-refractivity contribution in [2.24, 2.45) is 0 Å². The number of ketones is 1. The maximum absolute atomic E-state index is 14.1. The van der Waals surface area contributed by atoms with Gasteiger partial charge >= 0.3 is 0 Å². The van der Waals surface area contributed by atoms with Gasteiger partial charge in [-0.05, 0) is 54.3 Å². The summed E-state index contributed by atoms with van der Waals surface area (Å²) >= 11 is 0. The van der Waals surface area contributed by atoms with E-state index >= 15 is 0 Å². The van der Waals surface area contributed by atoms with E-state index in [4.69, 9.17) is 28.4 Å². The lowest BCUT2D eigenvalue weighted by Gasteiger charge is -2.22. The second-order valence-corrected chi connectivity index (χ2v) is 11.2. The molecule has 5 rings (SSSR count). The molecule has 0 unspecified atom stereocenters. The van der Waals surface area contributed by atoms with Crippen LogP contribution in [-0.2, 0) is 19.8 Å². The van der Waals surface area contributed by atoms with Crippen LogP contribution >= 0.6 is 0 Å². The number of benzene rings is 5. The van der Waals surface area contributed by atoms with Crippen molar-refractivity contribution in [2.75, 3.05) is 14.2 Å². The van der Waals surface area contributed by atoms with Crippen molar-refractivity contribution in [3.63, 3.8) is 0 Å². The third kappa shape index (κ3) is 8.97. The molecule has 0 radical (unpaired) electrons. The maximum atomic E-state index is 14.1. The van der Waals surface area contributed by atoms with Crippen LogP contribution in [0.4, 0.5) is 0 Å². The van der Waals surface area contributed by atoms with Crippen LogP contribution in [0.1, 0.15) is 46.5 Å². The van der Waals surface area contributed by atoms with Gasteiger partial charge < -0.3 is 28.4 Å². The Morgan fingerprint density at radius 3 is 1.60 bits per heavy atom. The van der Waals surface area contributed by atoms with Gasteiger partial charge in [-0.15, -0.1) is 0 Å². The van der Waals surface area contributed by atoms with Gasteiger partial charge in [-0.25, -0.2) is 0 Å². The van der Waals surface area contributed by atoms with Crippen molar-refractivity contribution < 1.29 is 33.2 Å². The molecule has 7 nitrogen and oxygen atoms in total. The van der Waals surface area contributed by atoms with Crippen molar-refractivity contribution >= 4 is 11.9 Å². The largest absolute Gasteiger partial charge is 0.493 e. The molecule has 0 saturated heterocycles. The van der Waals surface area contributed by atoms with Gasteiger partial charge in [0.25, 0.3) is 0 Å². The van der Waals surface area contributed by atoms with E-state index in [1.807, 2.05) is 123 Å². The molecule has 0 aliphatic rings. The normalized spacial score (nSPS) is 10.9. The first-order chi connectivity index (χ1) is 23.4. The quantitative estimate of drug-likeness (QED) is 0.0784. The summed E-state index contributed by atoms with van der Waals surface area (Å²) in [5.41, 5.74) is 3.93. The van der Waals surface area contributed by atoms with Crippen LogP contribution < -0.4 is 28.4 Å². The number of allylic oxidation sites excluding steroid dienone is 1. The second kappa shape index (κ2) is 16.7. The number of rotatable bonds is 16. The van der Waals surface area contributed by atoms with Crippen molar-refractivity contribution in [1.82, 2.24) is 0 Å². The lowest BCUT2D eigenvalue weighted by molar-refractivity contribution is 0.103. The Balaban J connectivity index is 1.50. The first-order valence-electron chi connectivity index (χ1n) is 15.8. The van der Waals surface area contributed by atoms with Crippen LogP contribution in [0.5, 0.6) is 34.5 Å². The number of hydrogen-bond donors (Lipinski definition) is 0. The smallest absolute Gasteiger partial charge is 0.204 e. The molecule has 0 heterocycles. The monoisotopic (exact) mass is 644 g/mol. The summed E-state index contributed by atoms with van der Waals surface area (Å²) in [5, 5.41) is 0. The molecule has 7 heteroatoms. The van der Waals surface area contributed by atoms with Crippen LogP contribution in [0.2, 0.25) is 0 Å². The van der Waals surface area contributed by atoms with Crippen LogP contribution in [0, 0.1) is 0 Å². The summed E-state index contributed by atoms with van der Waals surface area (Å²) in [6, 6.07) is 36.6. The predicted molar refractivity (Wildman–Crippen MR) is 187 cm³/mol. The second-order valence-electron chi connectivity index (χ2n) is 11.2. The molecule has 48 heavy (non-hydrogen) atoms. The Hall–Kier alpha value is -5.69. The molecule has 0 aromatic heterocycles. The molecule has 0 saturated carbocycles. The fourth-order valence-corrected chi connectivity index (χ4v) is 4.96. The highest BCUT2D eigenvalue weighted by molar-refractivity contribution is 6.11. The zero-order valence-electron chi connectivity index (χ0n) is 27.7. The van der Waals surface area contributed by atoms with Crippen molar-refractivity contribution in [3.05, 3.63) is 149 Å². The summed E-state index contributed by atoms with van der Waals surface area (Å²) < 4.78 is 36.3. The van der Waals surface area contributed by atoms with Gasteiger partial charge in [-0.2, -0.15) is 0 Å². The first kappa shape index (κ1) is 33.7. The summed E-state index contributed by atoms with van der Waals surface area (Å²) in [7, 11) is 3.12. The van der Waals surface area contributed by atoms with E-state index in [9.17, 15) is 4.79 Å². The summed E-state index contributed by atoms with van der Waals surface area (Å²) in [6.45, 7) is 4.67. The van der Waals surface area contributed by atoms with Gasteiger partial charge in [-0.3, -0.25) is 4.79 Å². The molecule has 0 spiro atoms. The first-order valence-corrected chi connectivity index (χ1v) is 15.8. The molecule has 246 valence electrons. The molecular formula is C41H40O7. The summed E-state index contributed by atoms with van der Waals surface area (Å²) in [4.78, 5) is 14.1. The predicted octanol–water partition coefficient (Wildman–Crippen LogP) is 9.12. The minimum atomic E-state index is -0.329. The van der Waals surface area contributed by atoms with E-state index in [0.29, 0.717) is 35.4 Å². The fraction of sp³-hybridized carbons (Fsp3) is 0.195. The van der Waals surface area contributed by atoms with Gasteiger partial charge in [0, 0.05) is 6.07 Å². The number of carbonyl (C=O) groups is 1. The van der Waals surface area contributed by atoms with Crippen LogP contribution in [0.15, 0.2) is 121 Å². The molecule has 0 atom stereocenters. The fourth-order valence-electron chi connectivity index (χ4n) is 4.96. The van der Waals surface area contributed by atoms with E-state index < -0.39 is 0 Å². The number of ether oxygens (including phenoxy) is 6. The van der Waals surface area contributed by atoms with Crippen LogP contribution in [0.3, 0.4) is 0 Å². The third-order valence-corrected chi connectivity index (χ3v) is 7.30. The highest BCUT2D eigenvalue weighted by Gasteiger charge is 2.27. The third-order valence-electron chi connectivity index (χ3n) is 7.30. The Morgan fingerprint density at radius 2 is 1.10 bits per heavy atom. The number of carbonyl (C=O) groups excluding carboxylic acids is 1. The standard InChI is InChI=1S/C41H40O7/c1-29(2)48-41-39(34(42)22-20-30-21-23-35(43-3)36(24-30)45-26-31-14-8-5-9-15-31)37(46-27-32-16-10-6-11-17-32)25-38(40(41)44-4)47-28-33-18-12-7-13-19-33/h5-25,29H,26-28H2,1-4H3/b22-20+. The lowest BCUT2D eigenvalue weighted by Crippen LogP contribution is -2.13. The Morgan fingerprint density at radius 1 is 0.583 bits per heavy atom. The molecule has 5 aromatic rings. The van der Waals surface area contributed by atoms with Crippen molar-refractivity contribution in [2.45, 2.75) is 39.8 Å². The average molecular weight is 645 g/mol. The van der Waals surface area contributed by atoms with E-state index in [2.05, 4.69) is 0 Å². The van der Waals surface area contributed by atoms with Crippen molar-refractivity contribution in [3.8, 4) is 34.5 Å². The SMILES string of the molecule is COc1ccc(/C=C/C(=O)c2c(OCc3ccccc3)cc(OCc3ccccc3)c(OC)c2OC(C)C)cc1OCc1ccccc1. The molecule has 0 N–H and O–H groups in total.